The molecule has 0 aromatic rings. The number of phosphoric ester groups is 1. The van der Waals surface area contributed by atoms with Gasteiger partial charge in [0.15, 0.2) is 6.10 Å². The molecule has 0 unspecified atom stereocenters. The Morgan fingerprint density at radius 1 is 0.800 bits per heavy atom. The number of carbonyl (C=O) groups is 2. The van der Waals surface area contributed by atoms with Crippen molar-refractivity contribution in [2.45, 2.75) is 90.1 Å². The molecule has 226 valence electrons. The van der Waals surface area contributed by atoms with E-state index in [1.165, 1.54) is 44.9 Å². The molecule has 40 heavy (non-hydrogen) atoms. The normalized spacial score (nSPS) is 9.65. The monoisotopic (exact) mass is 609 g/mol. The number of esters is 2. The first kappa shape index (κ1) is 45.8. The van der Waals surface area contributed by atoms with Crippen molar-refractivity contribution in [2.24, 2.45) is 0 Å². The Kier molecular flexibility index (Phi) is 37.0. The van der Waals surface area contributed by atoms with E-state index < -0.39 is 39.1 Å². The number of unbranched alkanes of at least 4 members (excludes halogenated alkanes) is 10. The van der Waals surface area contributed by atoms with Crippen molar-refractivity contribution in [3.63, 3.8) is 0 Å². The molecule has 0 bridgehead atoms. The summed E-state index contributed by atoms with van der Waals surface area (Å²) in [5.74, 6) is 18.6. The van der Waals surface area contributed by atoms with Crippen molar-refractivity contribution in [2.75, 3.05) is 13.2 Å². The minimum absolute atomic E-state index is 0. The Morgan fingerprint density at radius 2 is 1.27 bits per heavy atom. The molecule has 0 rings (SSSR count). The predicted octanol–water partition coefficient (Wildman–Crippen LogP) is -0.981. The van der Waals surface area contributed by atoms with Crippen molar-refractivity contribution in [3.05, 3.63) is 0 Å². The zero-order valence-corrected chi connectivity index (χ0v) is 28.9. The van der Waals surface area contributed by atoms with Crippen LogP contribution in [0.3, 0.4) is 0 Å². The SMILES string of the molecule is C#CC#CC#CC#CC#CC(=O)OC[C@H](COP(=O)([O-])[O-])OC(=O)CCCCCCCCCCCCC.N.[HH].[HH].[HH].[HH].[HH].[HH].[HH].[HH].[HH].[Na+].[Na+]. The molecule has 0 aliphatic carbocycles. The van der Waals surface area contributed by atoms with Crippen LogP contribution in [-0.2, 0) is 28.2 Å². The molecule has 0 saturated heterocycles. The number of hydrogen-bond acceptors (Lipinski definition) is 9. The van der Waals surface area contributed by atoms with Crippen LogP contribution in [-0.4, -0.2) is 31.3 Å². The van der Waals surface area contributed by atoms with E-state index in [4.69, 9.17) is 15.9 Å². The van der Waals surface area contributed by atoms with Gasteiger partial charge < -0.3 is 34.5 Å². The summed E-state index contributed by atoms with van der Waals surface area (Å²) in [6, 6.07) is 0. The fourth-order valence-corrected chi connectivity index (χ4v) is 3.30. The smallest absolute Gasteiger partial charge is 0.790 e. The molecule has 0 amide bonds. The Balaban J connectivity index is -0.0000000982. The second-order valence-electron chi connectivity index (χ2n) is 7.88. The first-order valence-corrected chi connectivity index (χ1v) is 13.7. The third kappa shape index (κ3) is 34.8. The third-order valence-corrected chi connectivity index (χ3v) is 5.18. The van der Waals surface area contributed by atoms with E-state index in [1.807, 2.05) is 0 Å². The number of ether oxygens (including phenoxy) is 2. The number of phosphoric acid groups is 1. The Bertz CT molecular complexity index is 1070. The summed E-state index contributed by atoms with van der Waals surface area (Å²) in [5, 5.41) is 0. The van der Waals surface area contributed by atoms with E-state index in [0.717, 1.165) is 19.3 Å². The summed E-state index contributed by atoms with van der Waals surface area (Å²) < 4.78 is 24.9. The molecular formula is C28H54NNa2O8P. The molecule has 3 N–H and O–H groups in total. The standard InChI is InChI=1S/C28H35O8P.H3N.2Na.9H2/c1-3-5-7-9-11-13-14-15-17-19-21-23-28(30)36-26(25-35-37(31,32)33)24-34-27(29)22-20-18-16-12-10-8-6-4-2;;;;;;;;;;;;/h2,26H,3,5,7,9,11,13-15,17,19,21,23-25H2,1H3,(H2,31,32,33);1H3;;;9*1H/q;;2*+1;;;;;;;;;/p-2/t26-;;;;;;;;;;;;/m1............/s1. The van der Waals surface area contributed by atoms with Gasteiger partial charge in [-0.25, -0.2) is 4.79 Å². The van der Waals surface area contributed by atoms with E-state index >= 15 is 0 Å². The van der Waals surface area contributed by atoms with Crippen LogP contribution < -0.4 is 75.1 Å². The second kappa shape index (κ2) is 32.3. The van der Waals surface area contributed by atoms with E-state index in [9.17, 15) is 23.9 Å². The van der Waals surface area contributed by atoms with Gasteiger partial charge in [-0.1, -0.05) is 71.1 Å². The number of rotatable bonds is 18. The summed E-state index contributed by atoms with van der Waals surface area (Å²) in [4.78, 5) is 45.3. The van der Waals surface area contributed by atoms with Gasteiger partial charge in [0.1, 0.15) is 6.61 Å². The van der Waals surface area contributed by atoms with Gasteiger partial charge in [-0.3, -0.25) is 4.79 Å². The zero-order valence-electron chi connectivity index (χ0n) is 24.0. The van der Waals surface area contributed by atoms with E-state index in [-0.39, 0.29) is 84.5 Å². The molecule has 0 heterocycles. The van der Waals surface area contributed by atoms with E-state index in [1.54, 1.807) is 0 Å². The fraction of sp³-hybridized carbons (Fsp3) is 0.571. The van der Waals surface area contributed by atoms with Gasteiger partial charge in [0.05, 0.1) is 14.4 Å². The molecule has 0 radical (unpaired) electrons. The molecule has 0 saturated carbocycles. The van der Waals surface area contributed by atoms with Gasteiger partial charge in [-0.05, 0) is 53.8 Å². The average molecular weight is 610 g/mol. The minimum atomic E-state index is -5.31. The van der Waals surface area contributed by atoms with Gasteiger partial charge in [-0.15, -0.1) is 6.42 Å². The molecule has 12 heteroatoms. The molecule has 0 aliphatic rings. The first-order valence-electron chi connectivity index (χ1n) is 12.3. The van der Waals surface area contributed by atoms with E-state index in [0.29, 0.717) is 6.42 Å². The van der Waals surface area contributed by atoms with Crippen LogP contribution in [0, 0.1) is 59.7 Å². The Morgan fingerprint density at radius 3 is 1.77 bits per heavy atom. The maximum absolute atomic E-state index is 12.1. The quantitative estimate of drug-likeness (QED) is 0.0515. The van der Waals surface area contributed by atoms with Gasteiger partial charge in [-0.2, -0.15) is 0 Å². The zero-order chi connectivity index (χ0) is 27.6. The predicted molar refractivity (Wildman–Crippen MR) is 159 cm³/mol. The van der Waals surface area contributed by atoms with Crippen LogP contribution in [0.4, 0.5) is 0 Å². The van der Waals surface area contributed by atoms with Crippen LogP contribution in [0.25, 0.3) is 0 Å². The van der Waals surface area contributed by atoms with Crippen LogP contribution in [0.5, 0.6) is 0 Å². The van der Waals surface area contributed by atoms with Gasteiger partial charge in [0, 0.05) is 25.2 Å². The molecule has 0 aliphatic heterocycles. The summed E-state index contributed by atoms with van der Waals surface area (Å²) in [7, 11) is -5.31. The average Bonchev–Trinajstić information content (AvgIpc) is 2.85. The molecule has 0 spiro atoms. The number of hydrogen-bond donors (Lipinski definition) is 1. The minimum Gasteiger partial charge on any atom is -0.790 e. The summed E-state index contributed by atoms with van der Waals surface area (Å²) in [6.07, 6.45) is 16.1. The van der Waals surface area contributed by atoms with Crippen LogP contribution in [0.1, 0.15) is 96.8 Å². The topological polar surface area (TPSA) is 160 Å². The molecule has 0 aromatic carbocycles. The Labute approximate surface area is 297 Å². The van der Waals surface area contributed by atoms with Crippen LogP contribution in [0.15, 0.2) is 0 Å². The summed E-state index contributed by atoms with van der Waals surface area (Å²) in [5.41, 5.74) is 0. The molecular weight excluding hydrogens is 555 g/mol. The maximum Gasteiger partial charge on any atom is 1.00 e. The molecule has 9 nitrogen and oxygen atoms in total. The maximum atomic E-state index is 12.1. The molecule has 1 atom stereocenters. The molecule has 0 fully saturated rings. The van der Waals surface area contributed by atoms with Gasteiger partial charge in [0.25, 0.3) is 0 Å². The first-order chi connectivity index (χ1) is 17.8. The summed E-state index contributed by atoms with van der Waals surface area (Å²) >= 11 is 0. The van der Waals surface area contributed by atoms with E-state index in [2.05, 4.69) is 64.7 Å². The summed E-state index contributed by atoms with van der Waals surface area (Å²) in [6.45, 7) is 0.875. The Hall–Kier alpha value is -1.19. The largest absolute Gasteiger partial charge is 1.00 e. The number of carbonyl (C=O) groups excluding carboxylic acids is 2. The van der Waals surface area contributed by atoms with Crippen molar-refractivity contribution in [3.8, 4) is 59.7 Å². The fourth-order valence-electron chi connectivity index (χ4n) is 2.95. The van der Waals surface area contributed by atoms with Crippen molar-refractivity contribution >= 4 is 19.8 Å². The molecule has 0 aromatic heterocycles. The van der Waals surface area contributed by atoms with Crippen LogP contribution >= 0.6 is 7.82 Å². The second-order valence-corrected chi connectivity index (χ2v) is 9.04. The third-order valence-electron chi connectivity index (χ3n) is 4.71. The van der Waals surface area contributed by atoms with Crippen LogP contribution in [0.2, 0.25) is 0 Å². The number of terminal acetylenes is 1. The van der Waals surface area contributed by atoms with Crippen molar-refractivity contribution < 1.29 is 110 Å². The van der Waals surface area contributed by atoms with Gasteiger partial charge >= 0.3 is 71.1 Å². The van der Waals surface area contributed by atoms with Crippen molar-refractivity contribution in [1.29, 1.82) is 0 Å². The van der Waals surface area contributed by atoms with Gasteiger partial charge in [0.2, 0.25) is 0 Å². The van der Waals surface area contributed by atoms with Crippen molar-refractivity contribution in [1.82, 2.24) is 6.15 Å².